The summed E-state index contributed by atoms with van der Waals surface area (Å²) in [6, 6.07) is 30.7. The van der Waals surface area contributed by atoms with Gasteiger partial charge in [0.15, 0.2) is 0 Å². The van der Waals surface area contributed by atoms with Gasteiger partial charge < -0.3 is 0 Å². The SMILES string of the molecule is CC(C)(C)[S@@](=O)N(Cc1ccc(C#N)cc1)[Si](C)(c1ccccc1)c1ccccc1. The molecule has 0 aromatic heterocycles. The molecule has 0 saturated heterocycles. The Balaban J connectivity index is 2.18. The van der Waals surface area contributed by atoms with Gasteiger partial charge in [-0.15, -0.1) is 0 Å². The molecule has 0 aliphatic carbocycles. The first-order chi connectivity index (χ1) is 14.3. The maximum Gasteiger partial charge on any atom is 0.203 e. The van der Waals surface area contributed by atoms with Gasteiger partial charge in [0.05, 0.1) is 27.4 Å². The van der Waals surface area contributed by atoms with Gasteiger partial charge >= 0.3 is 0 Å². The molecule has 30 heavy (non-hydrogen) atoms. The van der Waals surface area contributed by atoms with Crippen LogP contribution in [0.3, 0.4) is 0 Å². The van der Waals surface area contributed by atoms with Crippen molar-refractivity contribution in [3.63, 3.8) is 0 Å². The van der Waals surface area contributed by atoms with E-state index in [1.165, 1.54) is 10.4 Å². The Kier molecular flexibility index (Phi) is 6.72. The molecule has 0 aliphatic rings. The molecule has 0 fully saturated rings. The van der Waals surface area contributed by atoms with E-state index in [4.69, 9.17) is 5.26 Å². The van der Waals surface area contributed by atoms with Gasteiger partial charge in [-0.25, -0.2) is 8.18 Å². The second-order valence-corrected chi connectivity index (χ2v) is 14.8. The molecule has 5 heteroatoms. The van der Waals surface area contributed by atoms with Gasteiger partial charge in [0.25, 0.3) is 0 Å². The molecule has 3 aromatic rings. The van der Waals surface area contributed by atoms with Crippen LogP contribution in [0.25, 0.3) is 0 Å². The topological polar surface area (TPSA) is 44.1 Å². The van der Waals surface area contributed by atoms with Crippen molar-refractivity contribution in [1.82, 2.24) is 3.97 Å². The molecule has 0 saturated carbocycles. The predicted octanol–water partition coefficient (Wildman–Crippen LogP) is 4.21. The maximum atomic E-state index is 13.9. The first-order valence-corrected chi connectivity index (χ1v) is 13.6. The lowest BCUT2D eigenvalue weighted by molar-refractivity contribution is 0.568. The summed E-state index contributed by atoms with van der Waals surface area (Å²) in [4.78, 5) is 0. The van der Waals surface area contributed by atoms with Crippen LogP contribution in [0.4, 0.5) is 0 Å². The summed E-state index contributed by atoms with van der Waals surface area (Å²) in [6.45, 7) is 8.92. The minimum atomic E-state index is -2.54. The van der Waals surface area contributed by atoms with E-state index in [0.29, 0.717) is 12.1 Å². The average molecular weight is 433 g/mol. The number of hydrogen-bond acceptors (Lipinski definition) is 2. The van der Waals surface area contributed by atoms with Crippen LogP contribution in [0.1, 0.15) is 31.9 Å². The molecule has 0 radical (unpaired) electrons. The molecule has 0 aliphatic heterocycles. The van der Waals surface area contributed by atoms with Crippen LogP contribution in [0.2, 0.25) is 6.55 Å². The molecule has 0 bridgehead atoms. The summed E-state index contributed by atoms with van der Waals surface area (Å²) in [5.41, 5.74) is 1.69. The monoisotopic (exact) mass is 432 g/mol. The molecule has 0 unspecified atom stereocenters. The zero-order valence-corrected chi connectivity index (χ0v) is 19.8. The van der Waals surface area contributed by atoms with E-state index in [1.807, 2.05) is 57.2 Å². The van der Waals surface area contributed by atoms with Crippen molar-refractivity contribution < 1.29 is 4.21 Å². The van der Waals surface area contributed by atoms with Crippen molar-refractivity contribution in [1.29, 1.82) is 5.26 Å². The molecule has 0 heterocycles. The van der Waals surface area contributed by atoms with Gasteiger partial charge in [0.2, 0.25) is 8.24 Å². The number of rotatable bonds is 6. The second-order valence-electron chi connectivity index (χ2n) is 8.51. The number of nitriles is 1. The zero-order valence-electron chi connectivity index (χ0n) is 18.0. The van der Waals surface area contributed by atoms with Crippen molar-refractivity contribution in [3.8, 4) is 6.07 Å². The molecule has 0 N–H and O–H groups in total. The maximum absolute atomic E-state index is 13.9. The molecule has 3 aromatic carbocycles. The third-order valence-electron chi connectivity index (χ3n) is 5.30. The summed E-state index contributed by atoms with van der Waals surface area (Å²) >= 11 is 0. The quantitative estimate of drug-likeness (QED) is 0.548. The third kappa shape index (κ3) is 4.62. The van der Waals surface area contributed by atoms with Gasteiger partial charge in [-0.3, -0.25) is 0 Å². The van der Waals surface area contributed by atoms with Gasteiger partial charge in [0.1, 0.15) is 0 Å². The highest BCUT2D eigenvalue weighted by Crippen LogP contribution is 2.25. The fraction of sp³-hybridized carbons (Fsp3) is 0.240. The highest BCUT2D eigenvalue weighted by atomic mass is 32.2. The molecular formula is C25H28N2OSSi. The van der Waals surface area contributed by atoms with Crippen molar-refractivity contribution in [3.05, 3.63) is 96.1 Å². The Bertz CT molecular complexity index is 999. The van der Waals surface area contributed by atoms with Gasteiger partial charge in [-0.05, 0) is 55.4 Å². The smallest absolute Gasteiger partial charge is 0.203 e. The zero-order chi connectivity index (χ0) is 21.8. The van der Waals surface area contributed by atoms with Crippen LogP contribution < -0.4 is 10.4 Å². The Morgan fingerprint density at radius 1 is 0.867 bits per heavy atom. The summed E-state index contributed by atoms with van der Waals surface area (Å²) < 4.78 is 15.7. The second kappa shape index (κ2) is 9.09. The lowest BCUT2D eigenvalue weighted by atomic mass is 10.1. The number of hydrogen-bond donors (Lipinski definition) is 0. The van der Waals surface area contributed by atoms with E-state index in [0.717, 1.165) is 5.56 Å². The molecule has 154 valence electrons. The first-order valence-electron chi connectivity index (χ1n) is 10.1. The Labute approximate surface area is 183 Å². The molecular weight excluding hydrogens is 404 g/mol. The lowest BCUT2D eigenvalue weighted by Gasteiger charge is -2.42. The Hall–Kier alpha value is -2.52. The van der Waals surface area contributed by atoms with Gasteiger partial charge in [-0.2, -0.15) is 5.26 Å². The number of nitrogens with zero attached hydrogens (tertiary/aromatic N) is 2. The fourth-order valence-electron chi connectivity index (χ4n) is 3.54. The van der Waals surface area contributed by atoms with E-state index >= 15 is 0 Å². The summed E-state index contributed by atoms with van der Waals surface area (Å²) in [5.74, 6) is 0. The molecule has 3 nitrogen and oxygen atoms in total. The van der Waals surface area contributed by atoms with Gasteiger partial charge in [-0.1, -0.05) is 72.8 Å². The summed E-state index contributed by atoms with van der Waals surface area (Å²) in [7, 11) is -3.76. The van der Waals surface area contributed by atoms with Crippen LogP contribution in [-0.4, -0.2) is 21.2 Å². The Morgan fingerprint density at radius 2 is 1.33 bits per heavy atom. The molecule has 3 rings (SSSR count). The first kappa shape index (κ1) is 22.2. The van der Waals surface area contributed by atoms with Crippen LogP contribution in [0, 0.1) is 11.3 Å². The third-order valence-corrected chi connectivity index (χ3v) is 12.5. The Morgan fingerprint density at radius 3 is 1.73 bits per heavy atom. The standard InChI is InChI=1S/C25H28N2OSSi/c1-25(2,3)29(28)27(20-22-17-15-21(19-26)16-18-22)30(4,23-11-7-5-8-12-23)24-13-9-6-10-14-24/h5-18H,20H2,1-4H3/t29-/m1/s1. The predicted molar refractivity (Wildman–Crippen MR) is 128 cm³/mol. The minimum absolute atomic E-state index is 0.398. The normalized spacial score (nSPS) is 13.1. The van der Waals surface area contributed by atoms with Crippen molar-refractivity contribution in [2.75, 3.05) is 0 Å². The lowest BCUT2D eigenvalue weighted by Crippen LogP contribution is -2.69. The summed E-state index contributed by atoms with van der Waals surface area (Å²) in [6.07, 6.45) is 0. The van der Waals surface area contributed by atoms with Crippen molar-refractivity contribution in [2.45, 2.75) is 38.6 Å². The summed E-state index contributed by atoms with van der Waals surface area (Å²) in [5, 5.41) is 11.6. The van der Waals surface area contributed by atoms with E-state index < -0.39 is 24.0 Å². The highest BCUT2D eigenvalue weighted by Gasteiger charge is 2.44. The minimum Gasteiger partial charge on any atom is -0.243 e. The highest BCUT2D eigenvalue weighted by molar-refractivity contribution is 7.85. The van der Waals surface area contributed by atoms with Crippen LogP contribution in [0.5, 0.6) is 0 Å². The van der Waals surface area contributed by atoms with E-state index in [1.54, 1.807) is 0 Å². The van der Waals surface area contributed by atoms with E-state index in [-0.39, 0.29) is 0 Å². The van der Waals surface area contributed by atoms with Crippen LogP contribution >= 0.6 is 0 Å². The van der Waals surface area contributed by atoms with Crippen LogP contribution in [-0.2, 0) is 17.5 Å². The van der Waals surface area contributed by atoms with Crippen molar-refractivity contribution >= 4 is 29.6 Å². The van der Waals surface area contributed by atoms with Crippen molar-refractivity contribution in [2.24, 2.45) is 0 Å². The average Bonchev–Trinajstić information content (AvgIpc) is 2.77. The molecule has 1 atom stereocenters. The largest absolute Gasteiger partial charge is 0.243 e. The van der Waals surface area contributed by atoms with E-state index in [2.05, 4.69) is 65.1 Å². The number of benzene rings is 3. The molecule has 0 spiro atoms. The fourth-order valence-corrected chi connectivity index (χ4v) is 10.3. The van der Waals surface area contributed by atoms with Crippen LogP contribution in [0.15, 0.2) is 84.9 Å². The van der Waals surface area contributed by atoms with E-state index in [9.17, 15) is 4.21 Å². The van der Waals surface area contributed by atoms with Gasteiger partial charge in [0, 0.05) is 6.54 Å². The molecule has 0 amide bonds.